The standard InChI is InChI=1S/C20H24N2O3S/c1-16-8-5-6-9-17(16)14-21-20(23)18-10-7-13-22(15-18)26(24,25)19-11-3-2-4-12-19/h2-6,8-9,11-12,18H,7,10,13-15H2,1H3,(H,21,23). The zero-order valence-corrected chi connectivity index (χ0v) is 15.7. The zero-order chi connectivity index (χ0) is 18.6. The van der Waals surface area contributed by atoms with Crippen LogP contribution in [0.15, 0.2) is 59.5 Å². The number of sulfonamides is 1. The van der Waals surface area contributed by atoms with E-state index in [4.69, 9.17) is 0 Å². The second kappa shape index (κ2) is 8.01. The second-order valence-corrected chi connectivity index (χ2v) is 8.60. The fourth-order valence-electron chi connectivity index (χ4n) is 3.25. The van der Waals surface area contributed by atoms with E-state index in [0.717, 1.165) is 11.1 Å². The largest absolute Gasteiger partial charge is 0.352 e. The SMILES string of the molecule is Cc1ccccc1CNC(=O)C1CCCN(S(=O)(=O)c2ccccc2)C1. The number of aryl methyl sites for hydroxylation is 1. The van der Waals surface area contributed by atoms with Crippen LogP contribution < -0.4 is 5.32 Å². The van der Waals surface area contributed by atoms with Crippen molar-refractivity contribution in [1.82, 2.24) is 9.62 Å². The van der Waals surface area contributed by atoms with Gasteiger partial charge in [0, 0.05) is 19.6 Å². The number of carbonyl (C=O) groups is 1. The zero-order valence-electron chi connectivity index (χ0n) is 14.9. The summed E-state index contributed by atoms with van der Waals surface area (Å²) in [5.41, 5.74) is 2.20. The lowest BCUT2D eigenvalue weighted by Crippen LogP contribution is -2.45. The summed E-state index contributed by atoms with van der Waals surface area (Å²) in [6.45, 7) is 3.17. The Labute approximate surface area is 155 Å². The molecular formula is C20H24N2O3S. The molecule has 0 spiro atoms. The molecule has 6 heteroatoms. The van der Waals surface area contributed by atoms with E-state index in [-0.39, 0.29) is 23.3 Å². The summed E-state index contributed by atoms with van der Waals surface area (Å²) in [7, 11) is -3.55. The van der Waals surface area contributed by atoms with E-state index in [9.17, 15) is 13.2 Å². The van der Waals surface area contributed by atoms with Gasteiger partial charge in [-0.2, -0.15) is 4.31 Å². The maximum atomic E-state index is 12.8. The van der Waals surface area contributed by atoms with Crippen molar-refractivity contribution in [1.29, 1.82) is 0 Å². The van der Waals surface area contributed by atoms with Crippen LogP contribution in [0.4, 0.5) is 0 Å². The summed E-state index contributed by atoms with van der Waals surface area (Å²) in [6.07, 6.45) is 1.40. The number of nitrogens with zero attached hydrogens (tertiary/aromatic N) is 1. The first-order valence-corrected chi connectivity index (χ1v) is 10.3. The van der Waals surface area contributed by atoms with Gasteiger partial charge in [0.15, 0.2) is 0 Å². The maximum Gasteiger partial charge on any atom is 0.243 e. The van der Waals surface area contributed by atoms with Gasteiger partial charge in [0.1, 0.15) is 0 Å². The van der Waals surface area contributed by atoms with E-state index in [1.54, 1.807) is 30.3 Å². The molecule has 0 bridgehead atoms. The van der Waals surface area contributed by atoms with Gasteiger partial charge in [-0.1, -0.05) is 42.5 Å². The quantitative estimate of drug-likeness (QED) is 0.878. The van der Waals surface area contributed by atoms with Crippen LogP contribution in [-0.2, 0) is 21.4 Å². The van der Waals surface area contributed by atoms with Gasteiger partial charge in [-0.15, -0.1) is 0 Å². The lowest BCUT2D eigenvalue weighted by molar-refractivity contribution is -0.126. The molecule has 0 radical (unpaired) electrons. The van der Waals surface area contributed by atoms with Crippen molar-refractivity contribution in [2.24, 2.45) is 5.92 Å². The Bertz CT molecular complexity index is 866. The van der Waals surface area contributed by atoms with Gasteiger partial charge in [0.05, 0.1) is 10.8 Å². The predicted molar refractivity (Wildman–Crippen MR) is 101 cm³/mol. The molecule has 1 aliphatic rings. The van der Waals surface area contributed by atoms with Gasteiger partial charge in [-0.3, -0.25) is 4.79 Å². The minimum Gasteiger partial charge on any atom is -0.352 e. The van der Waals surface area contributed by atoms with Crippen molar-refractivity contribution in [2.75, 3.05) is 13.1 Å². The molecule has 1 atom stereocenters. The number of carbonyl (C=O) groups excluding carboxylic acids is 1. The predicted octanol–water partition coefficient (Wildman–Crippen LogP) is 2.71. The molecule has 26 heavy (non-hydrogen) atoms. The lowest BCUT2D eigenvalue weighted by atomic mass is 9.98. The molecule has 0 saturated carbocycles. The molecule has 1 fully saturated rings. The molecular weight excluding hydrogens is 348 g/mol. The average molecular weight is 372 g/mol. The second-order valence-electron chi connectivity index (χ2n) is 6.66. The fourth-order valence-corrected chi connectivity index (χ4v) is 4.80. The summed E-state index contributed by atoms with van der Waals surface area (Å²) in [5, 5.41) is 2.96. The van der Waals surface area contributed by atoms with Crippen LogP contribution in [0.25, 0.3) is 0 Å². The summed E-state index contributed by atoms with van der Waals surface area (Å²) in [4.78, 5) is 12.8. The van der Waals surface area contributed by atoms with Crippen molar-refractivity contribution in [3.05, 3.63) is 65.7 Å². The van der Waals surface area contributed by atoms with Gasteiger partial charge in [-0.25, -0.2) is 8.42 Å². The molecule has 1 N–H and O–H groups in total. The summed E-state index contributed by atoms with van der Waals surface area (Å²) < 4.78 is 27.0. The molecule has 2 aromatic carbocycles. The molecule has 1 aliphatic heterocycles. The number of hydrogen-bond acceptors (Lipinski definition) is 3. The van der Waals surface area contributed by atoms with Crippen LogP contribution in [0.3, 0.4) is 0 Å². The number of nitrogens with one attached hydrogen (secondary N) is 1. The highest BCUT2D eigenvalue weighted by molar-refractivity contribution is 7.89. The van der Waals surface area contributed by atoms with E-state index in [0.29, 0.717) is 25.9 Å². The van der Waals surface area contributed by atoms with Crippen LogP contribution >= 0.6 is 0 Å². The third-order valence-corrected chi connectivity index (χ3v) is 6.73. The van der Waals surface area contributed by atoms with Gasteiger partial charge in [0.2, 0.25) is 15.9 Å². The number of hydrogen-bond donors (Lipinski definition) is 1. The first kappa shape index (κ1) is 18.6. The first-order valence-electron chi connectivity index (χ1n) is 8.86. The van der Waals surface area contributed by atoms with Crippen molar-refractivity contribution in [2.45, 2.75) is 31.2 Å². The number of benzene rings is 2. The Morgan fingerprint density at radius 3 is 2.54 bits per heavy atom. The molecule has 0 aromatic heterocycles. The van der Waals surface area contributed by atoms with E-state index in [2.05, 4.69) is 5.32 Å². The van der Waals surface area contributed by atoms with Crippen molar-refractivity contribution in [3.8, 4) is 0 Å². The molecule has 1 amide bonds. The average Bonchev–Trinajstić information content (AvgIpc) is 2.68. The van der Waals surface area contributed by atoms with Crippen LogP contribution in [0.5, 0.6) is 0 Å². The normalized spacial score (nSPS) is 18.4. The smallest absolute Gasteiger partial charge is 0.243 e. The highest BCUT2D eigenvalue weighted by Crippen LogP contribution is 2.24. The first-order chi connectivity index (χ1) is 12.5. The Morgan fingerprint density at radius 2 is 1.81 bits per heavy atom. The topological polar surface area (TPSA) is 66.5 Å². The van der Waals surface area contributed by atoms with Gasteiger partial charge < -0.3 is 5.32 Å². The Kier molecular flexibility index (Phi) is 5.74. The number of rotatable bonds is 5. The Hall–Kier alpha value is -2.18. The summed E-state index contributed by atoms with van der Waals surface area (Å²) in [5.74, 6) is -0.396. The van der Waals surface area contributed by atoms with E-state index < -0.39 is 10.0 Å². The molecule has 1 saturated heterocycles. The van der Waals surface area contributed by atoms with Crippen molar-refractivity contribution >= 4 is 15.9 Å². The third kappa shape index (κ3) is 4.14. The van der Waals surface area contributed by atoms with Crippen molar-refractivity contribution in [3.63, 3.8) is 0 Å². The highest BCUT2D eigenvalue weighted by atomic mass is 32.2. The lowest BCUT2D eigenvalue weighted by Gasteiger charge is -2.31. The van der Waals surface area contributed by atoms with Crippen LogP contribution in [-0.4, -0.2) is 31.7 Å². The van der Waals surface area contributed by atoms with Crippen molar-refractivity contribution < 1.29 is 13.2 Å². The van der Waals surface area contributed by atoms with Crippen LogP contribution in [0, 0.1) is 12.8 Å². The summed E-state index contributed by atoms with van der Waals surface area (Å²) >= 11 is 0. The Balaban J connectivity index is 1.65. The third-order valence-electron chi connectivity index (χ3n) is 4.85. The summed E-state index contributed by atoms with van der Waals surface area (Å²) in [6, 6.07) is 16.3. The fraction of sp³-hybridized carbons (Fsp3) is 0.350. The van der Waals surface area contributed by atoms with E-state index >= 15 is 0 Å². The minimum atomic E-state index is -3.55. The van der Waals surface area contributed by atoms with Gasteiger partial charge in [-0.05, 0) is 43.0 Å². The van der Waals surface area contributed by atoms with E-state index in [1.165, 1.54) is 4.31 Å². The number of amides is 1. The molecule has 1 unspecified atom stereocenters. The Morgan fingerprint density at radius 1 is 1.12 bits per heavy atom. The van der Waals surface area contributed by atoms with Crippen LogP contribution in [0.2, 0.25) is 0 Å². The maximum absolute atomic E-state index is 12.8. The molecule has 3 rings (SSSR count). The van der Waals surface area contributed by atoms with E-state index in [1.807, 2.05) is 31.2 Å². The molecule has 0 aliphatic carbocycles. The van der Waals surface area contributed by atoms with Gasteiger partial charge in [0.25, 0.3) is 0 Å². The monoisotopic (exact) mass is 372 g/mol. The number of piperidine rings is 1. The molecule has 1 heterocycles. The molecule has 5 nitrogen and oxygen atoms in total. The molecule has 138 valence electrons. The van der Waals surface area contributed by atoms with Gasteiger partial charge >= 0.3 is 0 Å². The van der Waals surface area contributed by atoms with Crippen LogP contribution in [0.1, 0.15) is 24.0 Å². The minimum absolute atomic E-state index is 0.0822. The molecule has 2 aromatic rings. The highest BCUT2D eigenvalue weighted by Gasteiger charge is 2.33.